The molecule has 0 aromatic heterocycles. The minimum Gasteiger partial charge on any atom is -0.449 e. The Balaban J connectivity index is 2.33. The molecule has 1 aliphatic heterocycles. The molecule has 1 heterocycles. The lowest BCUT2D eigenvalue weighted by molar-refractivity contribution is 0.115. The summed E-state index contributed by atoms with van der Waals surface area (Å²) < 4.78 is 43.6. The van der Waals surface area contributed by atoms with Gasteiger partial charge in [-0.05, 0) is 6.07 Å². The van der Waals surface area contributed by atoms with Crippen LogP contribution in [-0.2, 0) is 4.74 Å². The summed E-state index contributed by atoms with van der Waals surface area (Å²) in [6, 6.07) is 1.26. The summed E-state index contributed by atoms with van der Waals surface area (Å²) in [4.78, 5) is 10.9. The second-order valence-electron chi connectivity index (χ2n) is 3.39. The van der Waals surface area contributed by atoms with Crippen molar-refractivity contribution in [2.75, 3.05) is 6.61 Å². The van der Waals surface area contributed by atoms with Crippen molar-refractivity contribution >= 4 is 6.09 Å². The van der Waals surface area contributed by atoms with Crippen LogP contribution in [0, 0.1) is 17.5 Å². The second-order valence-corrected chi connectivity index (χ2v) is 3.39. The van der Waals surface area contributed by atoms with Crippen molar-refractivity contribution in [3.8, 4) is 0 Å². The monoisotopic (exact) mass is 231 g/mol. The first-order valence-corrected chi connectivity index (χ1v) is 4.66. The highest BCUT2D eigenvalue weighted by molar-refractivity contribution is 5.68. The summed E-state index contributed by atoms with van der Waals surface area (Å²) in [5.41, 5.74) is -0.0736. The van der Waals surface area contributed by atoms with Gasteiger partial charge in [-0.2, -0.15) is 0 Å². The van der Waals surface area contributed by atoms with E-state index in [0.717, 1.165) is 12.1 Å². The third-order valence-corrected chi connectivity index (χ3v) is 2.37. The molecule has 1 atom stereocenters. The summed E-state index contributed by atoms with van der Waals surface area (Å²) in [7, 11) is 0. The molecule has 1 N–H and O–H groups in total. The van der Waals surface area contributed by atoms with E-state index < -0.39 is 29.6 Å². The summed E-state index contributed by atoms with van der Waals surface area (Å²) in [5, 5.41) is 2.33. The van der Waals surface area contributed by atoms with Gasteiger partial charge in [0.1, 0.15) is 0 Å². The number of nitrogens with one attached hydrogen (secondary N) is 1. The average molecular weight is 231 g/mol. The molecule has 1 aliphatic rings. The predicted octanol–water partition coefficient (Wildman–Crippen LogP) is 2.27. The zero-order valence-electron chi connectivity index (χ0n) is 8.10. The van der Waals surface area contributed by atoms with E-state index in [4.69, 9.17) is 0 Å². The lowest BCUT2D eigenvalue weighted by Crippen LogP contribution is -2.35. The summed E-state index contributed by atoms with van der Waals surface area (Å²) in [6.07, 6.45) is -0.381. The lowest BCUT2D eigenvalue weighted by Gasteiger charge is -2.24. The van der Waals surface area contributed by atoms with Crippen molar-refractivity contribution < 1.29 is 22.7 Å². The van der Waals surface area contributed by atoms with Gasteiger partial charge in [-0.1, -0.05) is 6.07 Å². The molecule has 2 rings (SSSR count). The minimum atomic E-state index is -1.53. The standard InChI is InChI=1S/C10H8F3NO2/c11-6-2-1-5(8(12)9(6)13)7-3-4-16-10(15)14-7/h1-2,7H,3-4H2,(H,14,15)/t7-/m0/s1. The number of halogens is 3. The van der Waals surface area contributed by atoms with Gasteiger partial charge in [0.25, 0.3) is 0 Å². The summed E-state index contributed by atoms with van der Waals surface area (Å²) >= 11 is 0. The third-order valence-electron chi connectivity index (χ3n) is 2.37. The number of rotatable bonds is 1. The first kappa shape index (κ1) is 10.8. The first-order chi connectivity index (χ1) is 7.59. The fraction of sp³-hybridized carbons (Fsp3) is 0.300. The van der Waals surface area contributed by atoms with Gasteiger partial charge in [0.05, 0.1) is 12.6 Å². The Morgan fingerprint density at radius 3 is 2.69 bits per heavy atom. The Kier molecular flexibility index (Phi) is 2.72. The molecule has 1 aromatic rings. The van der Waals surface area contributed by atoms with Crippen LogP contribution in [0.1, 0.15) is 18.0 Å². The molecule has 0 bridgehead atoms. The zero-order valence-corrected chi connectivity index (χ0v) is 8.10. The van der Waals surface area contributed by atoms with Crippen LogP contribution >= 0.6 is 0 Å². The van der Waals surface area contributed by atoms with Crippen LogP contribution in [0.4, 0.5) is 18.0 Å². The Labute approximate surface area is 89.2 Å². The maximum absolute atomic E-state index is 13.4. The fourth-order valence-corrected chi connectivity index (χ4v) is 1.57. The lowest BCUT2D eigenvalue weighted by atomic mass is 10.0. The smallest absolute Gasteiger partial charge is 0.407 e. The number of carbonyl (C=O) groups is 1. The van der Waals surface area contributed by atoms with Gasteiger partial charge in [-0.3, -0.25) is 0 Å². The van der Waals surface area contributed by atoms with Crippen molar-refractivity contribution in [1.29, 1.82) is 0 Å². The largest absolute Gasteiger partial charge is 0.449 e. The van der Waals surface area contributed by atoms with Crippen LogP contribution in [0.5, 0.6) is 0 Å². The van der Waals surface area contributed by atoms with Gasteiger partial charge in [0, 0.05) is 12.0 Å². The quantitative estimate of drug-likeness (QED) is 0.753. The number of cyclic esters (lactones) is 1. The minimum absolute atomic E-state index is 0.0736. The number of hydrogen-bond donors (Lipinski definition) is 1. The van der Waals surface area contributed by atoms with Crippen LogP contribution in [0.2, 0.25) is 0 Å². The van der Waals surface area contributed by atoms with E-state index in [1.807, 2.05) is 0 Å². The second kappa shape index (κ2) is 4.03. The van der Waals surface area contributed by atoms with Crippen molar-refractivity contribution in [2.24, 2.45) is 0 Å². The van der Waals surface area contributed by atoms with Gasteiger partial charge in [0.15, 0.2) is 17.5 Å². The highest BCUT2D eigenvalue weighted by Gasteiger charge is 2.25. The van der Waals surface area contributed by atoms with Gasteiger partial charge < -0.3 is 10.1 Å². The molecule has 86 valence electrons. The molecule has 0 radical (unpaired) electrons. The Bertz CT molecular complexity index is 436. The number of hydrogen-bond acceptors (Lipinski definition) is 2. The first-order valence-electron chi connectivity index (χ1n) is 4.66. The fourth-order valence-electron chi connectivity index (χ4n) is 1.57. The molecule has 0 unspecified atom stereocenters. The third kappa shape index (κ3) is 1.82. The Morgan fingerprint density at radius 1 is 1.25 bits per heavy atom. The maximum atomic E-state index is 13.4. The van der Waals surface area contributed by atoms with Gasteiger partial charge in [-0.25, -0.2) is 18.0 Å². The van der Waals surface area contributed by atoms with E-state index in [0.29, 0.717) is 6.42 Å². The van der Waals surface area contributed by atoms with E-state index in [2.05, 4.69) is 10.1 Å². The van der Waals surface area contributed by atoms with Crippen LogP contribution in [0.15, 0.2) is 12.1 Å². The van der Waals surface area contributed by atoms with E-state index in [9.17, 15) is 18.0 Å². The zero-order chi connectivity index (χ0) is 11.7. The van der Waals surface area contributed by atoms with Crippen molar-refractivity contribution in [1.82, 2.24) is 5.32 Å². The highest BCUT2D eigenvalue weighted by atomic mass is 19.2. The van der Waals surface area contributed by atoms with Crippen molar-refractivity contribution in [2.45, 2.75) is 12.5 Å². The molecule has 16 heavy (non-hydrogen) atoms. The van der Waals surface area contributed by atoms with Crippen LogP contribution in [0.3, 0.4) is 0 Å². The number of benzene rings is 1. The molecule has 0 spiro atoms. The van der Waals surface area contributed by atoms with E-state index in [1.54, 1.807) is 0 Å². The highest BCUT2D eigenvalue weighted by Crippen LogP contribution is 2.25. The van der Waals surface area contributed by atoms with Crippen molar-refractivity contribution in [3.05, 3.63) is 35.1 Å². The molecule has 1 fully saturated rings. The van der Waals surface area contributed by atoms with E-state index in [1.165, 1.54) is 0 Å². The van der Waals surface area contributed by atoms with E-state index >= 15 is 0 Å². The van der Waals surface area contributed by atoms with Crippen LogP contribution in [0.25, 0.3) is 0 Å². The summed E-state index contributed by atoms with van der Waals surface area (Å²) in [6.45, 7) is 0.120. The molecular weight excluding hydrogens is 223 g/mol. The predicted molar refractivity (Wildman–Crippen MR) is 48.2 cm³/mol. The number of carbonyl (C=O) groups excluding carboxylic acids is 1. The van der Waals surface area contributed by atoms with Gasteiger partial charge >= 0.3 is 6.09 Å². The molecule has 1 saturated heterocycles. The molecule has 1 amide bonds. The van der Waals surface area contributed by atoms with Crippen LogP contribution in [-0.4, -0.2) is 12.7 Å². The van der Waals surface area contributed by atoms with Gasteiger partial charge in [-0.15, -0.1) is 0 Å². The molecule has 6 heteroatoms. The van der Waals surface area contributed by atoms with Crippen molar-refractivity contribution in [3.63, 3.8) is 0 Å². The Morgan fingerprint density at radius 2 is 2.00 bits per heavy atom. The number of alkyl carbamates (subject to hydrolysis) is 1. The molecule has 0 saturated carbocycles. The van der Waals surface area contributed by atoms with E-state index in [-0.39, 0.29) is 12.2 Å². The summed E-state index contributed by atoms with van der Waals surface area (Å²) in [5.74, 6) is -4.05. The molecule has 0 aliphatic carbocycles. The Hall–Kier alpha value is -1.72. The topological polar surface area (TPSA) is 38.3 Å². The number of ether oxygens (including phenoxy) is 1. The van der Waals surface area contributed by atoms with Gasteiger partial charge in [0.2, 0.25) is 0 Å². The SMILES string of the molecule is O=C1N[C@H](c2ccc(F)c(F)c2F)CCO1. The average Bonchev–Trinajstić information content (AvgIpc) is 2.26. The van der Waals surface area contributed by atoms with Crippen LogP contribution < -0.4 is 5.32 Å². The maximum Gasteiger partial charge on any atom is 0.407 e. The molecule has 1 aromatic carbocycles. The molecule has 3 nitrogen and oxygen atoms in total. The normalized spacial score (nSPS) is 20.2. The molecular formula is C10H8F3NO2. The number of amides is 1.